The number of para-hydroxylation sites is 3. The van der Waals surface area contributed by atoms with E-state index in [0.29, 0.717) is 44.7 Å². The van der Waals surface area contributed by atoms with Gasteiger partial charge >= 0.3 is 27.1 Å². The van der Waals surface area contributed by atoms with Gasteiger partial charge in [-0.3, -0.25) is 4.98 Å². The molecule has 8 rings (SSSR count). The van der Waals surface area contributed by atoms with Crippen molar-refractivity contribution in [1.29, 1.82) is 0 Å². The van der Waals surface area contributed by atoms with E-state index < -0.39 is 47.1 Å². The molecule has 0 spiro atoms. The van der Waals surface area contributed by atoms with Crippen LogP contribution in [-0.4, -0.2) is 20.5 Å². The minimum atomic E-state index is -3.59. The maximum Gasteiger partial charge on any atom is 2.00 e. The molecule has 1 aliphatic rings. The fraction of sp³-hybridized carbons (Fsp3) is 0.205. The van der Waals surface area contributed by atoms with Gasteiger partial charge in [0, 0.05) is 42.1 Å². The van der Waals surface area contributed by atoms with Crippen LogP contribution < -0.4 is 9.15 Å². The van der Waals surface area contributed by atoms with Crippen molar-refractivity contribution in [3.05, 3.63) is 150 Å². The van der Waals surface area contributed by atoms with Crippen molar-refractivity contribution in [1.82, 2.24) is 23.7 Å². The monoisotopic (exact) mass is 873 g/mol. The molecular weight excluding hydrogens is 832 g/mol. The Labute approximate surface area is 323 Å². The predicted octanol–water partition coefficient (Wildman–Crippen LogP) is 10.8. The smallest absolute Gasteiger partial charge is 0.318 e. The van der Waals surface area contributed by atoms with E-state index in [4.69, 9.17) is 6.85 Å². The first-order valence-electron chi connectivity index (χ1n) is 19.2. The second-order valence-corrected chi connectivity index (χ2v) is 14.7. The second kappa shape index (κ2) is 12.8. The zero-order valence-corrected chi connectivity index (χ0v) is 31.7. The summed E-state index contributed by atoms with van der Waals surface area (Å²) in [7, 11) is 0. The number of pyridine rings is 2. The van der Waals surface area contributed by atoms with Crippen LogP contribution in [-0.2, 0) is 37.8 Å². The number of aromatic nitrogens is 3. The Balaban J connectivity index is 0.00000496. The molecule has 0 aliphatic carbocycles. The molecule has 0 fully saturated rings. The molecule has 1 aliphatic heterocycles. The van der Waals surface area contributed by atoms with Crippen LogP contribution in [0.5, 0.6) is 0 Å². The molecule has 0 saturated carbocycles. The minimum Gasteiger partial charge on any atom is -0.318 e. The molecule has 3 aromatic heterocycles. The van der Waals surface area contributed by atoms with Gasteiger partial charge in [-0.15, -0.1) is 11.6 Å². The van der Waals surface area contributed by atoms with Gasteiger partial charge in [-0.05, 0) is 45.2 Å². The van der Waals surface area contributed by atoms with Crippen molar-refractivity contribution in [2.45, 2.75) is 58.3 Å². The van der Waals surface area contributed by atoms with Crippen molar-refractivity contribution in [2.24, 2.45) is 0 Å². The van der Waals surface area contributed by atoms with Gasteiger partial charge < -0.3 is 4.57 Å². The number of halogens is 2. The van der Waals surface area contributed by atoms with E-state index in [1.165, 1.54) is 21.3 Å². The van der Waals surface area contributed by atoms with Crippen LogP contribution >= 0.6 is 0 Å². The van der Waals surface area contributed by atoms with Gasteiger partial charge in [0.25, 0.3) is 17.3 Å². The third kappa shape index (κ3) is 6.02. The maximum absolute atomic E-state index is 17.3. The summed E-state index contributed by atoms with van der Waals surface area (Å²) in [5, 5.41) is 0.654. The van der Waals surface area contributed by atoms with Gasteiger partial charge in [0.1, 0.15) is 11.5 Å². The van der Waals surface area contributed by atoms with Gasteiger partial charge in [0.15, 0.2) is 0 Å². The summed E-state index contributed by atoms with van der Waals surface area (Å²) >= 11 is 0. The molecule has 8 heteroatoms. The van der Waals surface area contributed by atoms with E-state index in [1.54, 1.807) is 54.9 Å². The van der Waals surface area contributed by atoms with Gasteiger partial charge in [-0.1, -0.05) is 111 Å². The Morgan fingerprint density at radius 1 is 0.731 bits per heavy atom. The molecular formula is C44H37F2N5Pt+2. The number of fused-ring (bicyclic) bond motifs is 4. The van der Waals surface area contributed by atoms with Crippen molar-refractivity contribution >= 4 is 50.7 Å². The van der Waals surface area contributed by atoms with E-state index in [2.05, 4.69) is 48.9 Å². The molecule has 0 amide bonds. The first kappa shape index (κ1) is 29.5. The van der Waals surface area contributed by atoms with Crippen LogP contribution in [0, 0.1) is 12.1 Å². The second-order valence-electron chi connectivity index (χ2n) is 14.7. The molecule has 0 atom stereocenters. The van der Waals surface area contributed by atoms with Gasteiger partial charge in [-0.25, -0.2) is 13.8 Å². The molecule has 5 nitrogen and oxygen atoms in total. The first-order chi connectivity index (χ1) is 26.4. The number of hydrogen-bond donors (Lipinski definition) is 0. The molecule has 4 aromatic carbocycles. The van der Waals surface area contributed by atoms with Crippen molar-refractivity contribution < 1.29 is 36.7 Å². The summed E-state index contributed by atoms with van der Waals surface area (Å²) in [6.07, 6.45) is 3.39. The summed E-state index contributed by atoms with van der Waals surface area (Å²) < 4.78 is 81.2. The third-order valence-corrected chi connectivity index (χ3v) is 9.18. The summed E-state index contributed by atoms with van der Waals surface area (Å²) in [6.45, 7) is 12.1. The molecule has 0 unspecified atom stereocenters. The number of benzene rings is 4. The summed E-state index contributed by atoms with van der Waals surface area (Å²) in [5.41, 5.74) is 2.96. The summed E-state index contributed by atoms with van der Waals surface area (Å²) in [4.78, 5) is 9.27. The Bertz CT molecular complexity index is 2840. The molecule has 4 heterocycles. The number of rotatable bonds is 5. The van der Waals surface area contributed by atoms with Crippen molar-refractivity contribution in [3.8, 4) is 5.82 Å². The topological polar surface area (TPSA) is 36.7 Å². The van der Waals surface area contributed by atoms with Crippen LogP contribution in [0.2, 0.25) is 0 Å². The van der Waals surface area contributed by atoms with Crippen LogP contribution in [0.15, 0.2) is 115 Å². The van der Waals surface area contributed by atoms with Crippen LogP contribution in [0.1, 0.15) is 70.7 Å². The van der Waals surface area contributed by atoms with Gasteiger partial charge in [0.2, 0.25) is 5.69 Å². The first-order valence-corrected chi connectivity index (χ1v) is 16.7. The van der Waals surface area contributed by atoms with Gasteiger partial charge in [0.05, 0.1) is 12.4 Å². The molecule has 260 valence electrons. The van der Waals surface area contributed by atoms with Crippen molar-refractivity contribution in [3.63, 3.8) is 0 Å². The number of hydrogen-bond acceptors (Lipinski definition) is 2. The Morgan fingerprint density at radius 2 is 1.44 bits per heavy atom. The normalized spacial score (nSPS) is 14.5. The molecule has 0 radical (unpaired) electrons. The molecule has 0 N–H and O–H groups in total. The third-order valence-electron chi connectivity index (χ3n) is 9.18. The number of nitrogens with zero attached hydrogens (tertiary/aromatic N) is 5. The standard InChI is InChI=1S/C44H37F2N5.Pt/c1-42(2,3)29-20-22-47-40(27-29)51-38-17-12-21-48-41(38)35-19-18-30(26-39(35)51)44(45,46)32-23-31(43(4,5)6)24-34(25-32)50-28-49(33-13-8-7-9-14-33)36-15-10-11-16-37(36)50;/h7-24,27H,1-6H3;/q;+2/i7D,8D,9D,13D,14D;. The Hall–Kier alpha value is -5.09. The summed E-state index contributed by atoms with van der Waals surface area (Å²) in [5.74, 6) is -3.03. The predicted molar refractivity (Wildman–Crippen MR) is 202 cm³/mol. The zero-order chi connectivity index (χ0) is 40.1. The fourth-order valence-electron chi connectivity index (χ4n) is 6.36. The van der Waals surface area contributed by atoms with E-state index in [0.717, 1.165) is 5.56 Å². The Kier molecular flexibility index (Phi) is 7.28. The van der Waals surface area contributed by atoms with Crippen molar-refractivity contribution in [2.75, 3.05) is 0 Å². The maximum atomic E-state index is 17.3. The quantitative estimate of drug-likeness (QED) is 0.128. The summed E-state index contributed by atoms with van der Waals surface area (Å²) in [6, 6.07) is 27.7. The minimum absolute atomic E-state index is 0. The van der Waals surface area contributed by atoms with Crippen LogP contribution in [0.4, 0.5) is 31.5 Å². The van der Waals surface area contributed by atoms with Crippen LogP contribution in [0.3, 0.4) is 0 Å². The zero-order valence-electron chi connectivity index (χ0n) is 34.4. The molecule has 0 bridgehead atoms. The average molecular weight is 874 g/mol. The van der Waals surface area contributed by atoms with E-state index in [1.807, 2.05) is 43.5 Å². The largest absolute Gasteiger partial charge is 2.00 e. The molecule has 52 heavy (non-hydrogen) atoms. The molecule has 0 saturated heterocycles. The molecule has 7 aromatic rings. The van der Waals surface area contributed by atoms with E-state index in [-0.39, 0.29) is 43.4 Å². The SMILES string of the molecule is [2H]c1c([2H])c([2H])c([N+]2=C=[N+](c3[c-]c(C(F)(F)c4[c-]c5c(cc4)c4ncccc4n5-c4cc(C(C)(C)C)ccn4)cc(C(C)(C)C)c3)c3ccccc32)c([2H])c1[2H].[Pt+2]. The van der Waals surface area contributed by atoms with E-state index >= 15 is 8.78 Å². The van der Waals surface area contributed by atoms with Gasteiger partial charge in [-0.2, -0.15) is 18.2 Å². The van der Waals surface area contributed by atoms with E-state index in [9.17, 15) is 0 Å². The fourth-order valence-corrected chi connectivity index (χ4v) is 6.36. The number of alkyl halides is 2. The Morgan fingerprint density at radius 3 is 2.15 bits per heavy atom. The van der Waals surface area contributed by atoms with Crippen LogP contribution in [0.25, 0.3) is 27.8 Å². The average Bonchev–Trinajstić information content (AvgIpc) is 3.71.